The molecule has 126 valence electrons. The first kappa shape index (κ1) is 17.1. The van der Waals surface area contributed by atoms with E-state index in [9.17, 15) is 9.59 Å². The number of anilines is 2. The van der Waals surface area contributed by atoms with Gasteiger partial charge in [0.15, 0.2) is 0 Å². The maximum absolute atomic E-state index is 12.4. The lowest BCUT2D eigenvalue weighted by molar-refractivity contribution is -0.119. The molecular formula is C16H22N2O5. The van der Waals surface area contributed by atoms with E-state index in [1.165, 1.54) is 12.0 Å². The van der Waals surface area contributed by atoms with Gasteiger partial charge in [-0.1, -0.05) is 0 Å². The molecule has 0 spiro atoms. The number of nitrogens with zero attached hydrogens (tertiary/aromatic N) is 1. The smallest absolute Gasteiger partial charge is 0.415 e. The van der Waals surface area contributed by atoms with Gasteiger partial charge in [-0.2, -0.15) is 0 Å². The average molecular weight is 322 g/mol. The van der Waals surface area contributed by atoms with Gasteiger partial charge >= 0.3 is 6.09 Å². The predicted molar refractivity (Wildman–Crippen MR) is 86.0 cm³/mol. The van der Waals surface area contributed by atoms with E-state index in [4.69, 9.17) is 14.2 Å². The minimum Gasteiger partial charge on any atom is -0.490 e. The Labute approximate surface area is 135 Å². The Balaban J connectivity index is 2.22. The van der Waals surface area contributed by atoms with Crippen LogP contribution in [0.3, 0.4) is 0 Å². The lowest BCUT2D eigenvalue weighted by Crippen LogP contribution is -2.41. The van der Waals surface area contributed by atoms with E-state index in [-0.39, 0.29) is 12.5 Å². The molecular weight excluding hydrogens is 300 g/mol. The summed E-state index contributed by atoms with van der Waals surface area (Å²) < 4.78 is 15.8. The molecule has 1 aliphatic heterocycles. The monoisotopic (exact) mass is 322 g/mol. The van der Waals surface area contributed by atoms with E-state index >= 15 is 0 Å². The summed E-state index contributed by atoms with van der Waals surface area (Å²) in [6, 6.07) is 5.12. The van der Waals surface area contributed by atoms with Gasteiger partial charge in [0.1, 0.15) is 24.6 Å². The Morgan fingerprint density at radius 1 is 1.35 bits per heavy atom. The number of methoxy groups -OCH3 is 1. The fourth-order valence-electron chi connectivity index (χ4n) is 2.13. The second kappa shape index (κ2) is 6.87. The van der Waals surface area contributed by atoms with Crippen molar-refractivity contribution in [2.24, 2.45) is 0 Å². The number of carbonyl (C=O) groups is 2. The molecule has 0 bridgehead atoms. The quantitative estimate of drug-likeness (QED) is 0.924. The highest BCUT2D eigenvalue weighted by Crippen LogP contribution is 2.35. The number of benzene rings is 1. The van der Waals surface area contributed by atoms with Gasteiger partial charge in [0.25, 0.3) is 0 Å². The summed E-state index contributed by atoms with van der Waals surface area (Å²) in [5.74, 6) is 0.305. The van der Waals surface area contributed by atoms with Crippen LogP contribution in [-0.2, 0) is 14.3 Å². The molecule has 1 aromatic carbocycles. The maximum atomic E-state index is 12.4. The van der Waals surface area contributed by atoms with Crippen LogP contribution in [0.2, 0.25) is 0 Å². The normalized spacial score (nSPS) is 13.8. The summed E-state index contributed by atoms with van der Waals surface area (Å²) in [6.45, 7) is 6.18. The van der Waals surface area contributed by atoms with Crippen LogP contribution in [0, 0.1) is 0 Å². The van der Waals surface area contributed by atoms with Crippen LogP contribution in [0.5, 0.6) is 5.75 Å². The average Bonchev–Trinajstić information content (AvgIpc) is 2.45. The molecule has 7 heteroatoms. The van der Waals surface area contributed by atoms with Gasteiger partial charge in [-0.3, -0.25) is 9.69 Å². The molecule has 1 heterocycles. The molecule has 23 heavy (non-hydrogen) atoms. The van der Waals surface area contributed by atoms with Crippen LogP contribution >= 0.6 is 0 Å². The molecule has 0 atom stereocenters. The minimum atomic E-state index is -0.583. The molecule has 0 aliphatic carbocycles. The standard InChI is InChI=1S/C16H22N2O5/c1-16(2,3)23-15(20)18-7-8-22-13-6-5-11(9-12(13)18)17-14(19)10-21-4/h5-6,9H,7-8,10H2,1-4H3,(H,17,19). The Morgan fingerprint density at radius 3 is 2.74 bits per heavy atom. The van der Waals surface area contributed by atoms with Gasteiger partial charge in [0, 0.05) is 12.8 Å². The van der Waals surface area contributed by atoms with Crippen molar-refractivity contribution >= 4 is 23.4 Å². The van der Waals surface area contributed by atoms with Crippen molar-refractivity contribution in [1.82, 2.24) is 0 Å². The van der Waals surface area contributed by atoms with Gasteiger partial charge in [0.05, 0.1) is 12.2 Å². The first-order chi connectivity index (χ1) is 10.8. The third-order valence-corrected chi connectivity index (χ3v) is 3.00. The first-order valence-electron chi connectivity index (χ1n) is 7.36. The zero-order valence-corrected chi connectivity index (χ0v) is 13.8. The molecule has 0 fully saturated rings. The molecule has 0 unspecified atom stereocenters. The van der Waals surface area contributed by atoms with Crippen molar-refractivity contribution in [3.63, 3.8) is 0 Å². The Morgan fingerprint density at radius 2 is 2.09 bits per heavy atom. The molecule has 0 saturated carbocycles. The van der Waals surface area contributed by atoms with Gasteiger partial charge in [-0.15, -0.1) is 0 Å². The number of carbonyl (C=O) groups excluding carboxylic acids is 2. The molecule has 2 amide bonds. The number of nitrogens with one attached hydrogen (secondary N) is 1. The number of fused-ring (bicyclic) bond motifs is 1. The number of hydrogen-bond acceptors (Lipinski definition) is 5. The van der Waals surface area contributed by atoms with Crippen molar-refractivity contribution in [2.45, 2.75) is 26.4 Å². The van der Waals surface area contributed by atoms with Crippen LogP contribution < -0.4 is 15.0 Å². The Kier molecular flexibility index (Phi) is 5.10. The topological polar surface area (TPSA) is 77.1 Å². The lowest BCUT2D eigenvalue weighted by atomic mass is 10.2. The molecule has 0 aromatic heterocycles. The molecule has 0 saturated heterocycles. The highest BCUT2D eigenvalue weighted by atomic mass is 16.6. The van der Waals surface area contributed by atoms with Crippen LogP contribution in [0.15, 0.2) is 18.2 Å². The molecule has 1 aromatic rings. The molecule has 7 nitrogen and oxygen atoms in total. The second-order valence-electron chi connectivity index (χ2n) is 6.14. The van der Waals surface area contributed by atoms with Crippen LogP contribution in [0.4, 0.5) is 16.2 Å². The first-order valence-corrected chi connectivity index (χ1v) is 7.36. The van der Waals surface area contributed by atoms with Crippen LogP contribution in [0.1, 0.15) is 20.8 Å². The van der Waals surface area contributed by atoms with E-state index in [0.717, 1.165) is 0 Å². The number of rotatable bonds is 3. The number of amides is 2. The van der Waals surface area contributed by atoms with Crippen molar-refractivity contribution in [2.75, 3.05) is 37.1 Å². The summed E-state index contributed by atoms with van der Waals surface area (Å²) in [5.41, 5.74) is 0.547. The highest BCUT2D eigenvalue weighted by Gasteiger charge is 2.28. The zero-order valence-electron chi connectivity index (χ0n) is 13.8. The lowest BCUT2D eigenvalue weighted by Gasteiger charge is -2.31. The summed E-state index contributed by atoms with van der Waals surface area (Å²) >= 11 is 0. The third kappa shape index (κ3) is 4.59. The predicted octanol–water partition coefficient (Wildman–Crippen LogP) is 2.41. The van der Waals surface area contributed by atoms with E-state index < -0.39 is 11.7 Å². The SMILES string of the molecule is COCC(=O)Nc1ccc2c(c1)N(C(=O)OC(C)(C)C)CCO2. The van der Waals surface area contributed by atoms with Gasteiger partial charge in [-0.05, 0) is 39.0 Å². The third-order valence-electron chi connectivity index (χ3n) is 3.00. The van der Waals surface area contributed by atoms with E-state index in [0.29, 0.717) is 30.3 Å². The molecule has 1 N–H and O–H groups in total. The van der Waals surface area contributed by atoms with E-state index in [2.05, 4.69) is 5.32 Å². The van der Waals surface area contributed by atoms with Gasteiger partial charge < -0.3 is 19.5 Å². The van der Waals surface area contributed by atoms with Crippen molar-refractivity contribution in [3.05, 3.63) is 18.2 Å². The second-order valence-corrected chi connectivity index (χ2v) is 6.14. The molecule has 1 aliphatic rings. The Bertz CT molecular complexity index is 595. The van der Waals surface area contributed by atoms with Gasteiger partial charge in [-0.25, -0.2) is 4.79 Å². The van der Waals surface area contributed by atoms with Crippen molar-refractivity contribution < 1.29 is 23.8 Å². The number of hydrogen-bond donors (Lipinski definition) is 1. The van der Waals surface area contributed by atoms with Crippen molar-refractivity contribution in [1.29, 1.82) is 0 Å². The van der Waals surface area contributed by atoms with Crippen LogP contribution in [-0.4, -0.2) is 44.5 Å². The van der Waals surface area contributed by atoms with E-state index in [1.54, 1.807) is 18.2 Å². The fraction of sp³-hybridized carbons (Fsp3) is 0.500. The summed E-state index contributed by atoms with van der Waals surface area (Å²) in [6.07, 6.45) is -0.442. The van der Waals surface area contributed by atoms with Crippen molar-refractivity contribution in [3.8, 4) is 5.75 Å². The summed E-state index contributed by atoms with van der Waals surface area (Å²) in [4.78, 5) is 25.5. The highest BCUT2D eigenvalue weighted by molar-refractivity contribution is 5.95. The van der Waals surface area contributed by atoms with Gasteiger partial charge in [0.2, 0.25) is 5.91 Å². The zero-order chi connectivity index (χ0) is 17.0. The fourth-order valence-corrected chi connectivity index (χ4v) is 2.13. The Hall–Kier alpha value is -2.28. The summed E-state index contributed by atoms with van der Waals surface area (Å²) in [7, 11) is 1.45. The minimum absolute atomic E-state index is 0.0383. The molecule has 2 rings (SSSR count). The van der Waals surface area contributed by atoms with E-state index in [1.807, 2.05) is 20.8 Å². The maximum Gasteiger partial charge on any atom is 0.415 e. The number of ether oxygens (including phenoxy) is 3. The largest absolute Gasteiger partial charge is 0.490 e. The van der Waals surface area contributed by atoms with Crippen LogP contribution in [0.25, 0.3) is 0 Å². The summed E-state index contributed by atoms with van der Waals surface area (Å²) in [5, 5.41) is 2.70. The molecule has 0 radical (unpaired) electrons.